The Balaban J connectivity index is 2.21. The Kier molecular flexibility index (Phi) is 7.28. The summed E-state index contributed by atoms with van der Waals surface area (Å²) in [6.45, 7) is 3.33. The normalized spacial score (nSPS) is 11.3. The van der Waals surface area contributed by atoms with Gasteiger partial charge in [0.05, 0.1) is 17.7 Å². The minimum Gasteiger partial charge on any atom is -0.457 e. The summed E-state index contributed by atoms with van der Waals surface area (Å²) in [4.78, 5) is 14.5. The van der Waals surface area contributed by atoms with Crippen molar-refractivity contribution >= 4 is 11.6 Å². The van der Waals surface area contributed by atoms with E-state index < -0.39 is 11.7 Å². The number of hydrogen-bond donors (Lipinski definition) is 1. The molecule has 0 bridgehead atoms. The Bertz CT molecular complexity index is 792. The number of anilines is 1. The monoisotopic (exact) mass is 396 g/mol. The van der Waals surface area contributed by atoms with Crippen LogP contribution in [0, 0.1) is 0 Å². The number of amides is 1. The molecule has 2 aromatic rings. The zero-order valence-corrected chi connectivity index (χ0v) is 15.8. The first-order valence-corrected chi connectivity index (χ1v) is 8.79. The quantitative estimate of drug-likeness (QED) is 0.664. The molecule has 0 aromatic heterocycles. The molecule has 152 valence electrons. The van der Waals surface area contributed by atoms with Gasteiger partial charge in [-0.25, -0.2) is 0 Å². The number of nitrogens with two attached hydrogens (primary N) is 1. The topological polar surface area (TPSA) is 64.8 Å². The molecule has 0 aliphatic heterocycles. The number of carbonyl (C=O) groups is 1. The molecule has 0 saturated carbocycles. The van der Waals surface area contributed by atoms with Crippen molar-refractivity contribution in [1.29, 1.82) is 0 Å². The molecular formula is C20H23F3N2O3. The van der Waals surface area contributed by atoms with Gasteiger partial charge < -0.3 is 20.1 Å². The molecule has 28 heavy (non-hydrogen) atoms. The van der Waals surface area contributed by atoms with Gasteiger partial charge in [0.15, 0.2) is 0 Å². The number of rotatable bonds is 8. The van der Waals surface area contributed by atoms with Gasteiger partial charge in [0, 0.05) is 25.9 Å². The number of nitrogen functional groups attached to an aromatic ring is 1. The Morgan fingerprint density at radius 1 is 1.07 bits per heavy atom. The first-order chi connectivity index (χ1) is 13.3. The minimum absolute atomic E-state index is 0.223. The number of ether oxygens (including phenoxy) is 2. The minimum atomic E-state index is -4.41. The van der Waals surface area contributed by atoms with Gasteiger partial charge in [0.1, 0.15) is 11.5 Å². The number of hydrogen-bond acceptors (Lipinski definition) is 4. The maximum atomic E-state index is 12.8. The van der Waals surface area contributed by atoms with Crippen LogP contribution in [0.4, 0.5) is 18.9 Å². The van der Waals surface area contributed by atoms with E-state index in [1.54, 1.807) is 18.1 Å². The van der Waals surface area contributed by atoms with E-state index in [1.807, 2.05) is 6.92 Å². The SMILES string of the molecule is CCCN(CCOC)C(=O)c1cc(Oc2ccc(C(F)(F)F)cc2)ccc1N. The predicted octanol–water partition coefficient (Wildman–Crippen LogP) is 4.58. The summed E-state index contributed by atoms with van der Waals surface area (Å²) in [7, 11) is 1.56. The molecule has 0 saturated heterocycles. The second-order valence-electron chi connectivity index (χ2n) is 6.16. The molecule has 0 unspecified atom stereocenters. The van der Waals surface area contributed by atoms with E-state index in [2.05, 4.69) is 0 Å². The molecular weight excluding hydrogens is 373 g/mol. The van der Waals surface area contributed by atoms with Gasteiger partial charge in [-0.3, -0.25) is 4.79 Å². The summed E-state index contributed by atoms with van der Waals surface area (Å²) in [5, 5.41) is 0. The Labute approximate surface area is 161 Å². The van der Waals surface area contributed by atoms with E-state index in [-0.39, 0.29) is 17.2 Å². The fourth-order valence-electron chi connectivity index (χ4n) is 2.59. The highest BCUT2D eigenvalue weighted by Crippen LogP contribution is 2.32. The second kappa shape index (κ2) is 9.45. The third-order valence-corrected chi connectivity index (χ3v) is 4.02. The molecule has 0 aliphatic rings. The number of benzene rings is 2. The molecule has 0 aliphatic carbocycles. The van der Waals surface area contributed by atoms with Crippen molar-refractivity contribution in [3.05, 3.63) is 53.6 Å². The highest BCUT2D eigenvalue weighted by Gasteiger charge is 2.30. The Morgan fingerprint density at radius 2 is 1.71 bits per heavy atom. The smallest absolute Gasteiger partial charge is 0.416 e. The van der Waals surface area contributed by atoms with Crippen LogP contribution in [0.1, 0.15) is 29.3 Å². The molecule has 0 spiro atoms. The van der Waals surface area contributed by atoms with Crippen LogP contribution < -0.4 is 10.5 Å². The second-order valence-corrected chi connectivity index (χ2v) is 6.16. The van der Waals surface area contributed by atoms with E-state index in [0.717, 1.165) is 18.6 Å². The third kappa shape index (κ3) is 5.63. The molecule has 0 fully saturated rings. The van der Waals surface area contributed by atoms with Crippen LogP contribution in [0.3, 0.4) is 0 Å². The standard InChI is InChI=1S/C20H23F3N2O3/c1-3-10-25(11-12-27-2)19(26)17-13-16(8-9-18(17)24)28-15-6-4-14(5-7-15)20(21,22)23/h4-9,13H,3,10-12,24H2,1-2H3. The van der Waals surface area contributed by atoms with Gasteiger partial charge in [0.2, 0.25) is 0 Å². The van der Waals surface area contributed by atoms with Crippen molar-refractivity contribution < 1.29 is 27.4 Å². The fraction of sp³-hybridized carbons (Fsp3) is 0.350. The molecule has 2 N–H and O–H groups in total. The van der Waals surface area contributed by atoms with Crippen molar-refractivity contribution in [2.75, 3.05) is 32.5 Å². The average molecular weight is 396 g/mol. The van der Waals surface area contributed by atoms with Crippen LogP contribution in [0.5, 0.6) is 11.5 Å². The first-order valence-electron chi connectivity index (χ1n) is 8.79. The summed E-state index contributed by atoms with van der Waals surface area (Å²) in [6, 6.07) is 8.91. The summed E-state index contributed by atoms with van der Waals surface area (Å²) in [5.74, 6) is 0.274. The van der Waals surface area contributed by atoms with Gasteiger partial charge in [-0.1, -0.05) is 6.92 Å². The number of methoxy groups -OCH3 is 1. The zero-order chi connectivity index (χ0) is 20.7. The number of nitrogens with zero attached hydrogens (tertiary/aromatic N) is 1. The first kappa shape index (κ1) is 21.6. The molecule has 1 amide bonds. The highest BCUT2D eigenvalue weighted by atomic mass is 19.4. The van der Waals surface area contributed by atoms with Gasteiger partial charge in [0.25, 0.3) is 5.91 Å². The van der Waals surface area contributed by atoms with Crippen LogP contribution in [0.2, 0.25) is 0 Å². The molecule has 2 rings (SSSR count). The van der Waals surface area contributed by atoms with Crippen LogP contribution in [0.25, 0.3) is 0 Å². The van der Waals surface area contributed by atoms with Crippen LogP contribution in [-0.4, -0.2) is 37.6 Å². The van der Waals surface area contributed by atoms with Crippen molar-refractivity contribution in [2.45, 2.75) is 19.5 Å². The summed E-state index contributed by atoms with van der Waals surface area (Å²) in [6.07, 6.45) is -3.64. The van der Waals surface area contributed by atoms with Gasteiger partial charge >= 0.3 is 6.18 Å². The summed E-state index contributed by atoms with van der Waals surface area (Å²) >= 11 is 0. The average Bonchev–Trinajstić information content (AvgIpc) is 2.66. The van der Waals surface area contributed by atoms with Crippen molar-refractivity contribution in [1.82, 2.24) is 4.90 Å². The van der Waals surface area contributed by atoms with Gasteiger partial charge in [-0.15, -0.1) is 0 Å². The predicted molar refractivity (Wildman–Crippen MR) is 100 cm³/mol. The van der Waals surface area contributed by atoms with Crippen LogP contribution >= 0.6 is 0 Å². The van der Waals surface area contributed by atoms with Crippen molar-refractivity contribution in [3.63, 3.8) is 0 Å². The van der Waals surface area contributed by atoms with E-state index in [9.17, 15) is 18.0 Å². The van der Waals surface area contributed by atoms with Gasteiger partial charge in [-0.2, -0.15) is 13.2 Å². The van der Waals surface area contributed by atoms with Crippen molar-refractivity contribution in [3.8, 4) is 11.5 Å². The maximum Gasteiger partial charge on any atom is 0.416 e. The fourth-order valence-corrected chi connectivity index (χ4v) is 2.59. The number of halogens is 3. The summed E-state index contributed by atoms with van der Waals surface area (Å²) < 4.78 is 48.6. The van der Waals surface area contributed by atoms with E-state index >= 15 is 0 Å². The number of alkyl halides is 3. The lowest BCUT2D eigenvalue weighted by atomic mass is 10.1. The van der Waals surface area contributed by atoms with Crippen molar-refractivity contribution in [2.24, 2.45) is 0 Å². The lowest BCUT2D eigenvalue weighted by Gasteiger charge is -2.22. The lowest BCUT2D eigenvalue weighted by molar-refractivity contribution is -0.137. The lowest BCUT2D eigenvalue weighted by Crippen LogP contribution is -2.35. The van der Waals surface area contributed by atoms with E-state index in [1.165, 1.54) is 24.3 Å². The Hall–Kier alpha value is -2.74. The Morgan fingerprint density at radius 3 is 2.29 bits per heavy atom. The van der Waals surface area contributed by atoms with Gasteiger partial charge in [-0.05, 0) is 48.9 Å². The molecule has 2 aromatic carbocycles. The molecule has 8 heteroatoms. The highest BCUT2D eigenvalue weighted by molar-refractivity contribution is 5.99. The number of carbonyl (C=O) groups excluding carboxylic acids is 1. The molecule has 5 nitrogen and oxygen atoms in total. The largest absolute Gasteiger partial charge is 0.457 e. The molecule has 0 atom stereocenters. The van der Waals surface area contributed by atoms with E-state index in [4.69, 9.17) is 15.2 Å². The van der Waals surface area contributed by atoms with Crippen LogP contribution in [-0.2, 0) is 10.9 Å². The summed E-state index contributed by atoms with van der Waals surface area (Å²) in [5.41, 5.74) is 5.76. The third-order valence-electron chi connectivity index (χ3n) is 4.02. The molecule has 0 heterocycles. The molecule has 0 radical (unpaired) electrons. The van der Waals surface area contributed by atoms with E-state index in [0.29, 0.717) is 31.1 Å². The van der Waals surface area contributed by atoms with Crippen LogP contribution in [0.15, 0.2) is 42.5 Å². The maximum absolute atomic E-state index is 12.8. The zero-order valence-electron chi connectivity index (χ0n) is 15.8.